The second-order valence-corrected chi connectivity index (χ2v) is 12.2. The molecule has 10 heteroatoms. The number of rotatable bonds is 7. The molecule has 6 rings (SSSR count). The van der Waals surface area contributed by atoms with Crippen molar-refractivity contribution in [3.63, 3.8) is 0 Å². The summed E-state index contributed by atoms with van der Waals surface area (Å²) in [4.78, 5) is 48.1. The van der Waals surface area contributed by atoms with Gasteiger partial charge in [0.05, 0.1) is 34.9 Å². The number of ketones is 1. The highest BCUT2D eigenvalue weighted by atomic mass is 19.1. The molecule has 0 spiro atoms. The van der Waals surface area contributed by atoms with Crippen LogP contribution in [0.25, 0.3) is 16.6 Å². The minimum absolute atomic E-state index is 0.0544. The molecule has 3 aromatic rings. The Morgan fingerprint density at radius 3 is 2.44 bits per heavy atom. The van der Waals surface area contributed by atoms with E-state index in [1.165, 1.54) is 12.1 Å². The van der Waals surface area contributed by atoms with E-state index < -0.39 is 23.9 Å². The van der Waals surface area contributed by atoms with Gasteiger partial charge in [0.15, 0.2) is 5.78 Å². The van der Waals surface area contributed by atoms with Gasteiger partial charge in [-0.25, -0.2) is 8.78 Å². The van der Waals surface area contributed by atoms with Gasteiger partial charge in [-0.15, -0.1) is 0 Å². The molecule has 1 N–H and O–H groups in total. The van der Waals surface area contributed by atoms with Gasteiger partial charge in [0.1, 0.15) is 12.0 Å². The van der Waals surface area contributed by atoms with Crippen molar-refractivity contribution in [3.8, 4) is 5.69 Å². The van der Waals surface area contributed by atoms with Gasteiger partial charge in [0.2, 0.25) is 5.91 Å². The van der Waals surface area contributed by atoms with Crippen molar-refractivity contribution in [3.05, 3.63) is 59.8 Å². The minimum atomic E-state index is -0.954. The van der Waals surface area contributed by atoms with Crippen LogP contribution >= 0.6 is 0 Å². The number of carbonyl (C=O) groups is 3. The third kappa shape index (κ3) is 4.62. The molecule has 0 unspecified atom stereocenters. The number of alkyl halides is 1. The Kier molecular flexibility index (Phi) is 6.92. The molecule has 3 fully saturated rings. The van der Waals surface area contributed by atoms with Gasteiger partial charge < -0.3 is 19.7 Å². The number of halogens is 2. The van der Waals surface area contributed by atoms with Crippen molar-refractivity contribution < 1.29 is 23.2 Å². The van der Waals surface area contributed by atoms with Gasteiger partial charge in [0.25, 0.3) is 5.91 Å². The second-order valence-electron chi connectivity index (χ2n) is 12.2. The third-order valence-corrected chi connectivity index (χ3v) is 8.87. The summed E-state index contributed by atoms with van der Waals surface area (Å²) in [5.74, 6) is -1.76. The van der Waals surface area contributed by atoms with E-state index >= 15 is 0 Å². The van der Waals surface area contributed by atoms with Crippen LogP contribution in [-0.2, 0) is 4.79 Å². The van der Waals surface area contributed by atoms with Crippen LogP contribution in [0.2, 0.25) is 0 Å². The number of nitrogens with zero attached hydrogens (tertiary/aromatic N) is 4. The summed E-state index contributed by atoms with van der Waals surface area (Å²) in [5.41, 5.74) is 1.71. The normalized spacial score (nSPS) is 24.0. The number of nitrogens with one attached hydrogen (secondary N) is 1. The average molecular weight is 564 g/mol. The molecule has 2 bridgehead atoms. The van der Waals surface area contributed by atoms with Gasteiger partial charge >= 0.3 is 0 Å². The number of fused-ring (bicyclic) bond motifs is 3. The molecule has 2 saturated heterocycles. The number of piperidine rings is 1. The van der Waals surface area contributed by atoms with Crippen LogP contribution in [0.3, 0.4) is 0 Å². The molecule has 8 nitrogen and oxygen atoms in total. The van der Waals surface area contributed by atoms with Crippen molar-refractivity contribution >= 4 is 28.5 Å². The van der Waals surface area contributed by atoms with Gasteiger partial charge in [0, 0.05) is 60.5 Å². The van der Waals surface area contributed by atoms with E-state index in [1.807, 2.05) is 27.7 Å². The van der Waals surface area contributed by atoms with E-state index in [2.05, 4.69) is 10.3 Å². The van der Waals surface area contributed by atoms with Gasteiger partial charge in [-0.1, -0.05) is 0 Å². The molecule has 41 heavy (non-hydrogen) atoms. The van der Waals surface area contributed by atoms with Gasteiger partial charge in [-0.3, -0.25) is 19.4 Å². The number of likely N-dealkylation sites (tertiary alicyclic amines) is 1. The maximum Gasteiger partial charge on any atom is 0.256 e. The summed E-state index contributed by atoms with van der Waals surface area (Å²) < 4.78 is 30.4. The zero-order valence-corrected chi connectivity index (χ0v) is 23.7. The fourth-order valence-electron chi connectivity index (χ4n) is 6.94. The fourth-order valence-corrected chi connectivity index (χ4v) is 6.94. The monoisotopic (exact) mass is 563 g/mol. The molecule has 1 saturated carbocycles. The SMILES string of the molecule is CC(C)N(C(=O)c1cc(F)ccc1-n1cc(C(=O)C2CN(C(=O)[C@H]3N[C@H]4C[C@@H]3[C@@H](F)C4)C2)c2ccncc21)C(C)C. The number of aromatic nitrogens is 2. The van der Waals surface area contributed by atoms with Crippen LogP contribution in [-0.4, -0.2) is 80.4 Å². The highest BCUT2D eigenvalue weighted by molar-refractivity contribution is 6.10. The lowest BCUT2D eigenvalue weighted by Crippen LogP contribution is -2.60. The summed E-state index contributed by atoms with van der Waals surface area (Å²) in [5, 5.41) is 3.91. The second kappa shape index (κ2) is 10.3. The maximum absolute atomic E-state index is 14.5. The van der Waals surface area contributed by atoms with Crippen LogP contribution in [0, 0.1) is 17.7 Å². The molecule has 4 heterocycles. The summed E-state index contributed by atoms with van der Waals surface area (Å²) in [6.45, 7) is 8.22. The lowest BCUT2D eigenvalue weighted by Gasteiger charge is -2.41. The topological polar surface area (TPSA) is 87.5 Å². The van der Waals surface area contributed by atoms with Crippen LogP contribution in [0.5, 0.6) is 0 Å². The van der Waals surface area contributed by atoms with Crippen molar-refractivity contribution in [2.45, 2.75) is 70.9 Å². The Hall–Kier alpha value is -3.66. The summed E-state index contributed by atoms with van der Waals surface area (Å²) in [6.07, 6.45) is 5.10. The molecular formula is C31H35F2N5O3. The van der Waals surface area contributed by atoms with E-state index in [-0.39, 0.29) is 60.3 Å². The molecule has 1 aliphatic carbocycles. The van der Waals surface area contributed by atoms with Crippen LogP contribution in [0.1, 0.15) is 61.3 Å². The number of hydrogen-bond donors (Lipinski definition) is 1. The number of pyridine rings is 1. The number of amides is 2. The van der Waals surface area contributed by atoms with E-state index in [9.17, 15) is 23.2 Å². The number of carbonyl (C=O) groups excluding carboxylic acids is 3. The molecule has 2 amide bonds. The molecular weight excluding hydrogens is 528 g/mol. The fraction of sp³-hybridized carbons (Fsp3) is 0.484. The van der Waals surface area contributed by atoms with E-state index in [1.54, 1.807) is 45.1 Å². The first-order valence-corrected chi connectivity index (χ1v) is 14.4. The van der Waals surface area contributed by atoms with Crippen LogP contribution in [0.4, 0.5) is 8.78 Å². The van der Waals surface area contributed by atoms with Crippen molar-refractivity contribution in [2.24, 2.45) is 11.8 Å². The van der Waals surface area contributed by atoms with Crippen molar-refractivity contribution in [2.75, 3.05) is 13.1 Å². The maximum atomic E-state index is 14.5. The highest BCUT2D eigenvalue weighted by Gasteiger charge is 2.51. The van der Waals surface area contributed by atoms with Crippen molar-refractivity contribution in [1.29, 1.82) is 0 Å². The molecule has 2 aliphatic heterocycles. The quantitative estimate of drug-likeness (QED) is 0.437. The lowest BCUT2D eigenvalue weighted by molar-refractivity contribution is -0.140. The Balaban J connectivity index is 1.29. The summed E-state index contributed by atoms with van der Waals surface area (Å²) in [7, 11) is 0. The van der Waals surface area contributed by atoms with Gasteiger partial charge in [-0.2, -0.15) is 0 Å². The smallest absolute Gasteiger partial charge is 0.256 e. The highest BCUT2D eigenvalue weighted by Crippen LogP contribution is 2.39. The summed E-state index contributed by atoms with van der Waals surface area (Å²) in [6, 6.07) is 5.17. The molecule has 0 radical (unpaired) electrons. The minimum Gasteiger partial charge on any atom is -0.340 e. The van der Waals surface area contributed by atoms with Crippen molar-refractivity contribution in [1.82, 2.24) is 24.7 Å². The molecule has 1 aromatic carbocycles. The molecule has 2 aromatic heterocycles. The molecule has 216 valence electrons. The largest absolute Gasteiger partial charge is 0.340 e. The lowest BCUT2D eigenvalue weighted by atomic mass is 9.88. The standard InChI is InChI=1S/C31H35F2N5O3/c1-16(2)38(17(3)4)30(40)23-9-19(32)5-6-26(23)37-15-24(21-7-8-34-12-27(21)37)29(39)18-13-36(14-18)31(41)28-22-10-20(35-28)11-25(22)33/h5-9,12,15-18,20,22,25,28,35H,10-11,13-14H2,1-4H3/t20-,22+,25-,28-/m0/s1. The Bertz CT molecular complexity index is 1520. The molecule has 4 atom stereocenters. The average Bonchev–Trinajstić information content (AvgIpc) is 3.59. The number of hydrogen-bond acceptors (Lipinski definition) is 5. The number of benzene rings is 1. The van der Waals surface area contributed by atoms with E-state index in [0.29, 0.717) is 35.0 Å². The zero-order valence-electron chi connectivity index (χ0n) is 23.7. The summed E-state index contributed by atoms with van der Waals surface area (Å²) >= 11 is 0. The van der Waals surface area contributed by atoms with E-state index in [0.717, 1.165) is 0 Å². The predicted molar refractivity (Wildman–Crippen MR) is 150 cm³/mol. The third-order valence-electron chi connectivity index (χ3n) is 8.87. The molecule has 3 aliphatic rings. The van der Waals surface area contributed by atoms with Gasteiger partial charge in [-0.05, 0) is 64.8 Å². The first-order valence-electron chi connectivity index (χ1n) is 14.4. The Labute approximate surface area is 237 Å². The Morgan fingerprint density at radius 1 is 1.05 bits per heavy atom. The first-order chi connectivity index (χ1) is 19.5. The number of Topliss-reactive ketones (excluding diaryl/α,β-unsaturated/α-hetero) is 1. The van der Waals surface area contributed by atoms with Crippen LogP contribution in [0.15, 0.2) is 42.9 Å². The predicted octanol–water partition coefficient (Wildman–Crippen LogP) is 4.15. The van der Waals surface area contributed by atoms with Crippen LogP contribution < -0.4 is 5.32 Å². The zero-order chi connectivity index (χ0) is 29.2. The van der Waals surface area contributed by atoms with E-state index in [4.69, 9.17) is 0 Å². The first kappa shape index (κ1) is 27.5. The Morgan fingerprint density at radius 2 is 1.78 bits per heavy atom.